The molecular weight excluding hydrogens is 260 g/mol. The second kappa shape index (κ2) is 5.76. The highest BCUT2D eigenvalue weighted by Crippen LogP contribution is 2.25. The molecule has 0 amide bonds. The summed E-state index contributed by atoms with van der Waals surface area (Å²) in [5.74, 6) is 0.941. The second-order valence-electron chi connectivity index (χ2n) is 4.99. The van der Waals surface area contributed by atoms with Gasteiger partial charge in [-0.05, 0) is 36.8 Å². The predicted octanol–water partition coefficient (Wildman–Crippen LogP) is 3.77. The molecule has 1 aromatic carbocycles. The van der Waals surface area contributed by atoms with Gasteiger partial charge in [0.2, 0.25) is 0 Å². The molecule has 0 radical (unpaired) electrons. The fraction of sp³-hybridized carbons (Fsp3) is 0.235. The van der Waals surface area contributed by atoms with Crippen LogP contribution in [-0.4, -0.2) is 14.5 Å². The van der Waals surface area contributed by atoms with Gasteiger partial charge in [0.25, 0.3) is 0 Å². The number of nitriles is 1. The van der Waals surface area contributed by atoms with Gasteiger partial charge in [-0.25, -0.2) is 4.98 Å². The lowest BCUT2D eigenvalue weighted by atomic mass is 10.2. The summed E-state index contributed by atoms with van der Waals surface area (Å²) in [7, 11) is 0. The van der Waals surface area contributed by atoms with Crippen molar-refractivity contribution >= 4 is 11.0 Å². The fourth-order valence-electron chi connectivity index (χ4n) is 2.46. The molecule has 4 nitrogen and oxygen atoms in total. The molecule has 3 rings (SSSR count). The van der Waals surface area contributed by atoms with Gasteiger partial charge < -0.3 is 4.57 Å². The first-order chi connectivity index (χ1) is 10.3. The standard InChI is InChI=1S/C17H16N4/c1-2-3-10-21-16-5-4-13(12-18)11-15(16)20-17(21)14-6-8-19-9-7-14/h4-9,11H,2-3,10H2,1H3. The molecule has 0 aliphatic carbocycles. The summed E-state index contributed by atoms with van der Waals surface area (Å²) in [6.45, 7) is 3.11. The third-order valence-corrected chi connectivity index (χ3v) is 3.55. The number of hydrogen-bond donors (Lipinski definition) is 0. The van der Waals surface area contributed by atoms with Crippen LogP contribution in [0.1, 0.15) is 25.3 Å². The van der Waals surface area contributed by atoms with Crippen molar-refractivity contribution in [3.63, 3.8) is 0 Å². The topological polar surface area (TPSA) is 54.5 Å². The van der Waals surface area contributed by atoms with E-state index in [0.717, 1.165) is 41.8 Å². The second-order valence-corrected chi connectivity index (χ2v) is 4.99. The normalized spacial score (nSPS) is 10.7. The summed E-state index contributed by atoms with van der Waals surface area (Å²) in [5.41, 5.74) is 3.64. The maximum absolute atomic E-state index is 9.04. The Balaban J connectivity index is 2.20. The SMILES string of the molecule is CCCCn1c(-c2ccncc2)nc2cc(C#N)ccc21. The summed E-state index contributed by atoms with van der Waals surface area (Å²) in [4.78, 5) is 8.79. The highest BCUT2D eigenvalue weighted by atomic mass is 15.1. The number of benzene rings is 1. The fourth-order valence-corrected chi connectivity index (χ4v) is 2.46. The molecule has 0 saturated carbocycles. The van der Waals surface area contributed by atoms with Gasteiger partial charge in [-0.3, -0.25) is 4.98 Å². The number of aryl methyl sites for hydroxylation is 1. The number of rotatable bonds is 4. The van der Waals surface area contributed by atoms with Crippen LogP contribution in [0.2, 0.25) is 0 Å². The van der Waals surface area contributed by atoms with E-state index in [1.807, 2.05) is 30.3 Å². The van der Waals surface area contributed by atoms with Crippen LogP contribution in [0.4, 0.5) is 0 Å². The molecular formula is C17H16N4. The zero-order valence-electron chi connectivity index (χ0n) is 12.0. The summed E-state index contributed by atoms with van der Waals surface area (Å²) in [6.07, 6.45) is 5.79. The van der Waals surface area contributed by atoms with E-state index < -0.39 is 0 Å². The average molecular weight is 276 g/mol. The highest BCUT2D eigenvalue weighted by molar-refractivity contribution is 5.81. The highest BCUT2D eigenvalue weighted by Gasteiger charge is 2.12. The van der Waals surface area contributed by atoms with Crippen LogP contribution in [0.5, 0.6) is 0 Å². The molecule has 0 bridgehead atoms. The number of nitrogens with zero attached hydrogens (tertiary/aromatic N) is 4. The lowest BCUT2D eigenvalue weighted by Crippen LogP contribution is -2.00. The average Bonchev–Trinajstić information content (AvgIpc) is 2.91. The molecule has 0 fully saturated rings. The Kier molecular flexibility index (Phi) is 3.65. The molecule has 0 aliphatic rings. The van der Waals surface area contributed by atoms with Crippen LogP contribution < -0.4 is 0 Å². The zero-order chi connectivity index (χ0) is 14.7. The Bertz CT molecular complexity index is 797. The Hall–Kier alpha value is -2.67. The van der Waals surface area contributed by atoms with Crippen LogP contribution in [0.3, 0.4) is 0 Å². The number of pyridine rings is 1. The summed E-state index contributed by atoms with van der Waals surface area (Å²) >= 11 is 0. The molecule has 2 aromatic heterocycles. The molecule has 3 aromatic rings. The third kappa shape index (κ3) is 2.50. The number of aromatic nitrogens is 3. The van der Waals surface area contributed by atoms with E-state index in [1.54, 1.807) is 12.4 Å². The van der Waals surface area contributed by atoms with Gasteiger partial charge in [-0.1, -0.05) is 13.3 Å². The first-order valence-electron chi connectivity index (χ1n) is 7.14. The van der Waals surface area contributed by atoms with E-state index >= 15 is 0 Å². The number of hydrogen-bond acceptors (Lipinski definition) is 3. The monoisotopic (exact) mass is 276 g/mol. The van der Waals surface area contributed by atoms with E-state index in [2.05, 4.69) is 22.5 Å². The minimum absolute atomic E-state index is 0.643. The summed E-state index contributed by atoms with van der Waals surface area (Å²) < 4.78 is 2.23. The van der Waals surface area contributed by atoms with Crippen molar-refractivity contribution in [3.8, 4) is 17.5 Å². The van der Waals surface area contributed by atoms with Crippen molar-refractivity contribution < 1.29 is 0 Å². The van der Waals surface area contributed by atoms with Crippen molar-refractivity contribution in [2.75, 3.05) is 0 Å². The molecule has 0 spiro atoms. The number of fused-ring (bicyclic) bond motifs is 1. The Morgan fingerprint density at radius 1 is 1.19 bits per heavy atom. The summed E-state index contributed by atoms with van der Waals surface area (Å²) in [5, 5.41) is 9.04. The van der Waals surface area contributed by atoms with E-state index in [4.69, 9.17) is 10.2 Å². The predicted molar refractivity (Wildman–Crippen MR) is 82.6 cm³/mol. The quantitative estimate of drug-likeness (QED) is 0.728. The smallest absolute Gasteiger partial charge is 0.141 e. The van der Waals surface area contributed by atoms with Gasteiger partial charge in [-0.15, -0.1) is 0 Å². The Morgan fingerprint density at radius 3 is 2.71 bits per heavy atom. The lowest BCUT2D eigenvalue weighted by molar-refractivity contribution is 0.651. The van der Waals surface area contributed by atoms with Gasteiger partial charge in [0.05, 0.1) is 22.7 Å². The van der Waals surface area contributed by atoms with E-state index in [1.165, 1.54) is 0 Å². The third-order valence-electron chi connectivity index (χ3n) is 3.55. The first-order valence-corrected chi connectivity index (χ1v) is 7.14. The molecule has 0 unspecified atom stereocenters. The molecule has 4 heteroatoms. The molecule has 0 aliphatic heterocycles. The van der Waals surface area contributed by atoms with E-state index in [-0.39, 0.29) is 0 Å². The Morgan fingerprint density at radius 2 is 2.00 bits per heavy atom. The molecule has 0 N–H and O–H groups in total. The first kappa shape index (κ1) is 13.3. The number of unbranched alkanes of at least 4 members (excludes halogenated alkanes) is 1. The van der Waals surface area contributed by atoms with Crippen molar-refractivity contribution in [1.29, 1.82) is 5.26 Å². The molecule has 0 atom stereocenters. The number of imidazole rings is 1. The maximum Gasteiger partial charge on any atom is 0.141 e. The van der Waals surface area contributed by atoms with Crippen molar-refractivity contribution in [2.24, 2.45) is 0 Å². The van der Waals surface area contributed by atoms with E-state index in [0.29, 0.717) is 5.56 Å². The lowest BCUT2D eigenvalue weighted by Gasteiger charge is -2.08. The Labute approximate surface area is 123 Å². The van der Waals surface area contributed by atoms with Crippen LogP contribution in [-0.2, 0) is 6.54 Å². The van der Waals surface area contributed by atoms with Crippen molar-refractivity contribution in [3.05, 3.63) is 48.3 Å². The molecule has 2 heterocycles. The van der Waals surface area contributed by atoms with Gasteiger partial charge in [-0.2, -0.15) is 5.26 Å². The van der Waals surface area contributed by atoms with Crippen LogP contribution in [0, 0.1) is 11.3 Å². The van der Waals surface area contributed by atoms with E-state index in [9.17, 15) is 0 Å². The largest absolute Gasteiger partial charge is 0.324 e. The van der Waals surface area contributed by atoms with Crippen LogP contribution >= 0.6 is 0 Å². The van der Waals surface area contributed by atoms with Crippen molar-refractivity contribution in [1.82, 2.24) is 14.5 Å². The molecule has 21 heavy (non-hydrogen) atoms. The summed E-state index contributed by atoms with van der Waals surface area (Å²) in [6, 6.07) is 11.8. The van der Waals surface area contributed by atoms with Gasteiger partial charge in [0, 0.05) is 24.5 Å². The van der Waals surface area contributed by atoms with Gasteiger partial charge in [0.15, 0.2) is 0 Å². The maximum atomic E-state index is 9.04. The zero-order valence-corrected chi connectivity index (χ0v) is 12.0. The minimum Gasteiger partial charge on any atom is -0.324 e. The molecule has 0 saturated heterocycles. The van der Waals surface area contributed by atoms with Crippen molar-refractivity contribution in [2.45, 2.75) is 26.3 Å². The van der Waals surface area contributed by atoms with Gasteiger partial charge >= 0.3 is 0 Å². The minimum atomic E-state index is 0.643. The van der Waals surface area contributed by atoms with Gasteiger partial charge in [0.1, 0.15) is 5.82 Å². The van der Waals surface area contributed by atoms with Crippen LogP contribution in [0.15, 0.2) is 42.7 Å². The molecule has 104 valence electrons. The van der Waals surface area contributed by atoms with Crippen LogP contribution in [0.25, 0.3) is 22.4 Å².